The summed E-state index contributed by atoms with van der Waals surface area (Å²) in [5.74, 6) is -0.485. The highest BCUT2D eigenvalue weighted by atomic mass is 31.2. The van der Waals surface area contributed by atoms with Gasteiger partial charge in [0.2, 0.25) is 0 Å². The van der Waals surface area contributed by atoms with E-state index in [4.69, 9.17) is 18.5 Å². The Kier molecular flexibility index (Phi) is 41.8. The summed E-state index contributed by atoms with van der Waals surface area (Å²) in [5.41, 5.74) is 0. The number of carbonyl (C=O) groups excluding carboxylic acids is 1. The van der Waals surface area contributed by atoms with E-state index in [-0.39, 0.29) is 13.0 Å². The molecule has 0 aliphatic heterocycles. The van der Waals surface area contributed by atoms with Crippen molar-refractivity contribution in [2.75, 3.05) is 19.8 Å². The van der Waals surface area contributed by atoms with Gasteiger partial charge in [-0.3, -0.25) is 13.8 Å². The van der Waals surface area contributed by atoms with E-state index in [1.165, 1.54) is 122 Å². The van der Waals surface area contributed by atoms with Crippen molar-refractivity contribution in [1.82, 2.24) is 0 Å². The standard InChI is InChI=1S/C54H99O12P/c1-3-5-7-9-11-13-15-17-19-21-22-23-24-25-26-27-29-31-33-35-37-39-41-43-48(55)65-47(46-64-67(61,62)66-54-52(59)50(57)49(56)51(58)53(54)60)45-63-44-42-40-38-36-34-32-30-28-20-18-16-14-12-10-8-6-4-2/h15,17,20-22,24-25,28,47,49-54,56-60H,3-14,16,18-19,23,26-27,29-46H2,1-2H3,(H,61,62)/b17-15-,22-21-,25-24-,28-20-. The number of allylic oxidation sites excluding steroid dienone is 8. The lowest BCUT2D eigenvalue weighted by atomic mass is 9.85. The highest BCUT2D eigenvalue weighted by molar-refractivity contribution is 7.47. The molecule has 1 saturated carbocycles. The lowest BCUT2D eigenvalue weighted by molar-refractivity contribution is -0.220. The lowest BCUT2D eigenvalue weighted by Gasteiger charge is -2.41. The first kappa shape index (κ1) is 63.3. The van der Waals surface area contributed by atoms with Gasteiger partial charge >= 0.3 is 13.8 Å². The molecule has 1 fully saturated rings. The Morgan fingerprint density at radius 3 is 1.28 bits per heavy atom. The van der Waals surface area contributed by atoms with Gasteiger partial charge in [0.05, 0.1) is 13.2 Å². The average molecular weight is 971 g/mol. The Morgan fingerprint density at radius 2 is 0.836 bits per heavy atom. The number of unbranched alkanes of at least 4 members (excludes halogenated alkanes) is 26. The van der Waals surface area contributed by atoms with Gasteiger partial charge in [0, 0.05) is 13.0 Å². The predicted octanol–water partition coefficient (Wildman–Crippen LogP) is 12.4. The molecule has 13 heteroatoms. The first-order valence-electron chi connectivity index (χ1n) is 27.0. The molecule has 0 aromatic heterocycles. The summed E-state index contributed by atoms with van der Waals surface area (Å²) in [6, 6.07) is 0. The Hall–Kier alpha value is -1.70. The molecule has 0 bridgehead atoms. The fraction of sp³-hybridized carbons (Fsp3) is 0.833. The van der Waals surface area contributed by atoms with Gasteiger partial charge in [-0.15, -0.1) is 0 Å². The smallest absolute Gasteiger partial charge is 0.457 e. The minimum absolute atomic E-state index is 0.0840. The average Bonchev–Trinajstić information content (AvgIpc) is 3.31. The predicted molar refractivity (Wildman–Crippen MR) is 272 cm³/mol. The summed E-state index contributed by atoms with van der Waals surface area (Å²) in [7, 11) is -5.03. The molecule has 0 heterocycles. The van der Waals surface area contributed by atoms with Crippen molar-refractivity contribution in [3.8, 4) is 0 Å². The van der Waals surface area contributed by atoms with Crippen LogP contribution >= 0.6 is 7.82 Å². The van der Waals surface area contributed by atoms with Crippen LogP contribution in [0, 0.1) is 0 Å². The number of rotatable bonds is 46. The number of phosphoric acid groups is 1. The summed E-state index contributed by atoms with van der Waals surface area (Å²) in [6.45, 7) is 4.25. The summed E-state index contributed by atoms with van der Waals surface area (Å²) >= 11 is 0. The highest BCUT2D eigenvalue weighted by Gasteiger charge is 2.51. The van der Waals surface area contributed by atoms with Gasteiger partial charge in [-0.2, -0.15) is 0 Å². The topological polar surface area (TPSA) is 192 Å². The van der Waals surface area contributed by atoms with Crippen molar-refractivity contribution in [1.29, 1.82) is 0 Å². The normalized spacial score (nSPS) is 21.6. The molecule has 0 aromatic rings. The van der Waals surface area contributed by atoms with Gasteiger partial charge in [-0.05, 0) is 77.0 Å². The molecule has 0 amide bonds. The van der Waals surface area contributed by atoms with E-state index >= 15 is 0 Å². The number of ether oxygens (including phenoxy) is 2. The van der Waals surface area contributed by atoms with E-state index in [0.717, 1.165) is 77.0 Å². The Morgan fingerprint density at radius 1 is 0.478 bits per heavy atom. The molecular formula is C54H99O12P. The van der Waals surface area contributed by atoms with Crippen LogP contribution in [0.3, 0.4) is 0 Å². The molecule has 1 rings (SSSR count). The van der Waals surface area contributed by atoms with Crippen molar-refractivity contribution < 1.29 is 58.3 Å². The number of carbonyl (C=O) groups is 1. The first-order valence-corrected chi connectivity index (χ1v) is 28.5. The molecule has 6 atom stereocenters. The van der Waals surface area contributed by atoms with Crippen molar-refractivity contribution >= 4 is 13.8 Å². The minimum atomic E-state index is -5.03. The van der Waals surface area contributed by atoms with Crippen LogP contribution in [0.2, 0.25) is 0 Å². The van der Waals surface area contributed by atoms with E-state index in [0.29, 0.717) is 13.0 Å². The van der Waals surface area contributed by atoms with Crippen LogP contribution in [0.5, 0.6) is 0 Å². The van der Waals surface area contributed by atoms with Crippen molar-refractivity contribution in [2.24, 2.45) is 0 Å². The summed E-state index contributed by atoms with van der Waals surface area (Å²) < 4.78 is 34.3. The maximum absolute atomic E-state index is 12.9. The van der Waals surface area contributed by atoms with Crippen LogP contribution < -0.4 is 0 Å². The van der Waals surface area contributed by atoms with Gasteiger partial charge in [0.1, 0.15) is 42.7 Å². The number of phosphoric ester groups is 1. The number of hydrogen-bond donors (Lipinski definition) is 6. The Balaban J connectivity index is 2.33. The molecule has 12 nitrogen and oxygen atoms in total. The van der Waals surface area contributed by atoms with E-state index in [1.807, 2.05) is 0 Å². The molecular weight excluding hydrogens is 872 g/mol. The minimum Gasteiger partial charge on any atom is -0.457 e. The van der Waals surface area contributed by atoms with Gasteiger partial charge in [-0.25, -0.2) is 4.57 Å². The maximum Gasteiger partial charge on any atom is 0.472 e. The number of hydrogen-bond acceptors (Lipinski definition) is 11. The molecule has 0 spiro atoms. The van der Waals surface area contributed by atoms with Gasteiger partial charge in [-0.1, -0.05) is 191 Å². The third-order valence-corrected chi connectivity index (χ3v) is 13.4. The molecule has 6 unspecified atom stereocenters. The second-order valence-electron chi connectivity index (χ2n) is 18.7. The van der Waals surface area contributed by atoms with Gasteiger partial charge < -0.3 is 39.9 Å². The van der Waals surface area contributed by atoms with Gasteiger partial charge in [0.25, 0.3) is 0 Å². The number of aliphatic hydroxyl groups excluding tert-OH is 5. The molecule has 1 aliphatic carbocycles. The van der Waals surface area contributed by atoms with Crippen LogP contribution in [0.4, 0.5) is 0 Å². The monoisotopic (exact) mass is 971 g/mol. The quantitative estimate of drug-likeness (QED) is 0.0147. The van der Waals surface area contributed by atoms with E-state index in [1.54, 1.807) is 0 Å². The molecule has 1 aliphatic rings. The molecule has 0 saturated heterocycles. The third kappa shape index (κ3) is 36.0. The lowest BCUT2D eigenvalue weighted by Crippen LogP contribution is -2.64. The van der Waals surface area contributed by atoms with E-state index in [2.05, 4.69) is 62.5 Å². The molecule has 0 aromatic carbocycles. The first-order chi connectivity index (χ1) is 32.5. The van der Waals surface area contributed by atoms with Crippen LogP contribution in [-0.4, -0.2) is 98.9 Å². The fourth-order valence-corrected chi connectivity index (χ4v) is 9.10. The van der Waals surface area contributed by atoms with Crippen molar-refractivity contribution in [2.45, 2.75) is 268 Å². The van der Waals surface area contributed by atoms with Crippen molar-refractivity contribution in [3.63, 3.8) is 0 Å². The largest absolute Gasteiger partial charge is 0.472 e. The van der Waals surface area contributed by atoms with Crippen LogP contribution in [0.1, 0.15) is 226 Å². The van der Waals surface area contributed by atoms with Crippen LogP contribution in [0.25, 0.3) is 0 Å². The SMILES string of the molecule is CCCCCCC/C=C\C/C=C\C/C=C\CCCCCCCCCCC(=O)OC(COCCCCCCCC/C=C\CCCCCCCCC)COP(=O)(O)OC1C(O)C(O)C(O)C(O)C1O. The Labute approximate surface area is 407 Å². The number of aliphatic hydroxyl groups is 5. The van der Waals surface area contributed by atoms with E-state index < -0.39 is 63.1 Å². The van der Waals surface area contributed by atoms with Crippen LogP contribution in [-0.2, 0) is 27.9 Å². The summed E-state index contributed by atoms with van der Waals surface area (Å²) in [5, 5.41) is 50.3. The highest BCUT2D eigenvalue weighted by Crippen LogP contribution is 2.47. The third-order valence-electron chi connectivity index (χ3n) is 12.4. The maximum atomic E-state index is 12.9. The Bertz CT molecular complexity index is 1290. The molecule has 67 heavy (non-hydrogen) atoms. The molecule has 392 valence electrons. The molecule has 6 N–H and O–H groups in total. The summed E-state index contributed by atoms with van der Waals surface area (Å²) in [4.78, 5) is 23.3. The van der Waals surface area contributed by atoms with E-state index in [9.17, 15) is 39.8 Å². The molecule has 0 radical (unpaired) electrons. The second-order valence-corrected chi connectivity index (χ2v) is 20.1. The zero-order valence-corrected chi connectivity index (χ0v) is 43.1. The van der Waals surface area contributed by atoms with Crippen LogP contribution in [0.15, 0.2) is 48.6 Å². The number of esters is 1. The second kappa shape index (κ2) is 44.3. The van der Waals surface area contributed by atoms with Gasteiger partial charge in [0.15, 0.2) is 0 Å². The fourth-order valence-electron chi connectivity index (χ4n) is 8.12. The zero-order valence-electron chi connectivity index (χ0n) is 42.2. The summed E-state index contributed by atoms with van der Waals surface area (Å²) in [6.07, 6.45) is 43.1. The zero-order chi connectivity index (χ0) is 49.1. The van der Waals surface area contributed by atoms with Crippen molar-refractivity contribution in [3.05, 3.63) is 48.6 Å².